The highest BCUT2D eigenvalue weighted by molar-refractivity contribution is 5.94. The summed E-state index contributed by atoms with van der Waals surface area (Å²) < 4.78 is 0. The summed E-state index contributed by atoms with van der Waals surface area (Å²) in [5, 5.41) is 8.67. The second kappa shape index (κ2) is 5.92. The molecule has 0 heterocycles. The van der Waals surface area contributed by atoms with E-state index in [9.17, 15) is 4.79 Å². The zero-order chi connectivity index (χ0) is 12.0. The largest absolute Gasteiger partial charge is 0.325 e. The molecular weight excluding hydrogens is 200 g/mol. The van der Waals surface area contributed by atoms with Crippen molar-refractivity contribution in [2.45, 2.75) is 20.3 Å². The second-order valence-electron chi connectivity index (χ2n) is 3.75. The lowest BCUT2D eigenvalue weighted by molar-refractivity contribution is 0.0776. The van der Waals surface area contributed by atoms with Gasteiger partial charge in [-0.15, -0.1) is 0 Å². The van der Waals surface area contributed by atoms with Crippen molar-refractivity contribution in [1.82, 2.24) is 4.90 Å². The molecule has 0 spiro atoms. The molecule has 0 fully saturated rings. The van der Waals surface area contributed by atoms with Gasteiger partial charge in [0.15, 0.2) is 0 Å². The zero-order valence-corrected chi connectivity index (χ0v) is 9.73. The Morgan fingerprint density at radius 1 is 1.50 bits per heavy atom. The minimum Gasteiger partial charge on any atom is -0.325 e. The first kappa shape index (κ1) is 12.3. The van der Waals surface area contributed by atoms with Crippen molar-refractivity contribution in [3.8, 4) is 6.07 Å². The smallest absolute Gasteiger partial charge is 0.254 e. The van der Waals surface area contributed by atoms with Crippen LogP contribution in [0.15, 0.2) is 24.3 Å². The molecule has 0 unspecified atom stereocenters. The molecule has 0 aliphatic rings. The topological polar surface area (TPSA) is 44.1 Å². The van der Waals surface area contributed by atoms with Gasteiger partial charge < -0.3 is 4.90 Å². The van der Waals surface area contributed by atoms with Crippen molar-refractivity contribution in [3.05, 3.63) is 35.4 Å². The Labute approximate surface area is 96.3 Å². The van der Waals surface area contributed by atoms with Crippen LogP contribution in [0.4, 0.5) is 0 Å². The van der Waals surface area contributed by atoms with Gasteiger partial charge in [0, 0.05) is 12.1 Å². The molecule has 0 N–H and O–H groups in total. The van der Waals surface area contributed by atoms with Gasteiger partial charge in [-0.1, -0.05) is 24.6 Å². The molecule has 0 aromatic heterocycles. The van der Waals surface area contributed by atoms with Crippen LogP contribution in [-0.2, 0) is 0 Å². The summed E-state index contributed by atoms with van der Waals surface area (Å²) in [6, 6.07) is 9.47. The van der Waals surface area contributed by atoms with Crippen LogP contribution in [0.5, 0.6) is 0 Å². The van der Waals surface area contributed by atoms with Gasteiger partial charge in [-0.2, -0.15) is 5.26 Å². The van der Waals surface area contributed by atoms with E-state index in [1.165, 1.54) is 0 Å². The van der Waals surface area contributed by atoms with Crippen LogP contribution in [-0.4, -0.2) is 23.9 Å². The number of hydrogen-bond acceptors (Lipinski definition) is 2. The fourth-order valence-electron chi connectivity index (χ4n) is 1.57. The minimum atomic E-state index is -0.0629. The van der Waals surface area contributed by atoms with E-state index in [0.717, 1.165) is 12.0 Å². The summed E-state index contributed by atoms with van der Waals surface area (Å²) in [6.07, 6.45) is 0.860. The molecule has 0 saturated heterocycles. The normalized spacial score (nSPS) is 9.56. The van der Waals surface area contributed by atoms with E-state index in [2.05, 4.69) is 0 Å². The molecule has 0 saturated carbocycles. The van der Waals surface area contributed by atoms with Gasteiger partial charge in [-0.3, -0.25) is 4.79 Å². The number of carbonyl (C=O) groups is 1. The zero-order valence-electron chi connectivity index (χ0n) is 9.73. The highest BCUT2D eigenvalue weighted by Crippen LogP contribution is 2.08. The molecule has 0 aliphatic heterocycles. The van der Waals surface area contributed by atoms with Crippen LogP contribution in [0.2, 0.25) is 0 Å². The SMILES string of the molecule is CCCN(CC#N)C(=O)c1cccc(C)c1. The van der Waals surface area contributed by atoms with E-state index >= 15 is 0 Å². The van der Waals surface area contributed by atoms with Gasteiger partial charge >= 0.3 is 0 Å². The van der Waals surface area contributed by atoms with Crippen LogP contribution in [0.25, 0.3) is 0 Å². The number of carbonyl (C=O) groups excluding carboxylic acids is 1. The summed E-state index contributed by atoms with van der Waals surface area (Å²) in [4.78, 5) is 13.6. The summed E-state index contributed by atoms with van der Waals surface area (Å²) in [5.41, 5.74) is 1.71. The van der Waals surface area contributed by atoms with E-state index in [0.29, 0.717) is 12.1 Å². The Balaban J connectivity index is 2.86. The predicted molar refractivity (Wildman–Crippen MR) is 63.0 cm³/mol. The van der Waals surface area contributed by atoms with Gasteiger partial charge in [0.25, 0.3) is 5.91 Å². The minimum absolute atomic E-state index is 0.0629. The van der Waals surface area contributed by atoms with Crippen LogP contribution in [0, 0.1) is 18.3 Å². The number of benzene rings is 1. The highest BCUT2D eigenvalue weighted by atomic mass is 16.2. The van der Waals surface area contributed by atoms with Crippen molar-refractivity contribution in [3.63, 3.8) is 0 Å². The molecule has 1 amide bonds. The first-order valence-corrected chi connectivity index (χ1v) is 5.42. The van der Waals surface area contributed by atoms with Gasteiger partial charge in [-0.25, -0.2) is 0 Å². The van der Waals surface area contributed by atoms with Crippen LogP contribution in [0.1, 0.15) is 29.3 Å². The van der Waals surface area contributed by atoms with Crippen molar-refractivity contribution >= 4 is 5.91 Å². The Bertz CT molecular complexity index is 407. The Hall–Kier alpha value is -1.82. The molecule has 3 nitrogen and oxygen atoms in total. The average Bonchev–Trinajstić information content (AvgIpc) is 2.28. The fourth-order valence-corrected chi connectivity index (χ4v) is 1.57. The molecule has 3 heteroatoms. The Kier molecular flexibility index (Phi) is 4.53. The van der Waals surface area contributed by atoms with E-state index in [4.69, 9.17) is 5.26 Å². The lowest BCUT2D eigenvalue weighted by Crippen LogP contribution is -2.32. The summed E-state index contributed by atoms with van der Waals surface area (Å²) >= 11 is 0. The predicted octanol–water partition coefficient (Wildman–Crippen LogP) is 2.37. The average molecular weight is 216 g/mol. The monoisotopic (exact) mass is 216 g/mol. The lowest BCUT2D eigenvalue weighted by atomic mass is 10.1. The summed E-state index contributed by atoms with van der Waals surface area (Å²) in [6.45, 7) is 4.72. The number of nitrogens with zero attached hydrogens (tertiary/aromatic N) is 2. The van der Waals surface area contributed by atoms with E-state index in [1.807, 2.05) is 38.1 Å². The van der Waals surface area contributed by atoms with Crippen LogP contribution < -0.4 is 0 Å². The van der Waals surface area contributed by atoms with Crippen LogP contribution in [0.3, 0.4) is 0 Å². The maximum atomic E-state index is 12.1. The number of aryl methyl sites for hydroxylation is 1. The third-order valence-corrected chi connectivity index (χ3v) is 2.31. The van der Waals surface area contributed by atoms with Gasteiger partial charge in [-0.05, 0) is 25.5 Å². The number of nitriles is 1. The fraction of sp³-hybridized carbons (Fsp3) is 0.385. The van der Waals surface area contributed by atoms with Gasteiger partial charge in [0.1, 0.15) is 6.54 Å². The molecule has 16 heavy (non-hydrogen) atoms. The maximum Gasteiger partial charge on any atom is 0.254 e. The summed E-state index contributed by atoms with van der Waals surface area (Å²) in [7, 11) is 0. The maximum absolute atomic E-state index is 12.1. The highest BCUT2D eigenvalue weighted by Gasteiger charge is 2.14. The lowest BCUT2D eigenvalue weighted by Gasteiger charge is -2.18. The second-order valence-corrected chi connectivity index (χ2v) is 3.75. The standard InChI is InChI=1S/C13H16N2O/c1-3-8-15(9-7-14)13(16)12-6-4-5-11(2)10-12/h4-6,10H,3,8-9H2,1-2H3. The molecule has 1 rings (SSSR count). The molecule has 0 bridgehead atoms. The number of hydrogen-bond donors (Lipinski definition) is 0. The third kappa shape index (κ3) is 3.09. The van der Waals surface area contributed by atoms with Crippen molar-refractivity contribution in [2.75, 3.05) is 13.1 Å². The molecular formula is C13H16N2O. The van der Waals surface area contributed by atoms with Gasteiger partial charge in [0.2, 0.25) is 0 Å². The van der Waals surface area contributed by atoms with Crippen molar-refractivity contribution in [1.29, 1.82) is 5.26 Å². The molecule has 84 valence electrons. The molecule has 0 aliphatic carbocycles. The van der Waals surface area contributed by atoms with Crippen LogP contribution >= 0.6 is 0 Å². The first-order chi connectivity index (χ1) is 7.69. The van der Waals surface area contributed by atoms with Crippen molar-refractivity contribution < 1.29 is 4.79 Å². The quantitative estimate of drug-likeness (QED) is 0.725. The third-order valence-electron chi connectivity index (χ3n) is 2.31. The Morgan fingerprint density at radius 2 is 2.25 bits per heavy atom. The molecule has 0 radical (unpaired) electrons. The first-order valence-electron chi connectivity index (χ1n) is 5.42. The Morgan fingerprint density at radius 3 is 2.81 bits per heavy atom. The van der Waals surface area contributed by atoms with E-state index < -0.39 is 0 Å². The van der Waals surface area contributed by atoms with Crippen molar-refractivity contribution in [2.24, 2.45) is 0 Å². The number of amides is 1. The molecule has 1 aromatic rings. The van der Waals surface area contributed by atoms with E-state index in [1.54, 1.807) is 11.0 Å². The van der Waals surface area contributed by atoms with E-state index in [-0.39, 0.29) is 12.5 Å². The molecule has 0 atom stereocenters. The molecule has 1 aromatic carbocycles. The summed E-state index contributed by atoms with van der Waals surface area (Å²) in [5.74, 6) is -0.0629. The number of rotatable bonds is 4. The van der Waals surface area contributed by atoms with Gasteiger partial charge in [0.05, 0.1) is 6.07 Å².